The van der Waals surface area contributed by atoms with Crippen LogP contribution in [0.5, 0.6) is 5.88 Å². The lowest BCUT2D eigenvalue weighted by molar-refractivity contribution is 0.411. The van der Waals surface area contributed by atoms with Crippen LogP contribution in [0.3, 0.4) is 0 Å². The summed E-state index contributed by atoms with van der Waals surface area (Å²) in [7, 11) is 0. The lowest BCUT2D eigenvalue weighted by Crippen LogP contribution is -2.08. The number of fused-ring (bicyclic) bond motifs is 1. The molecule has 0 aliphatic heterocycles. The summed E-state index contributed by atoms with van der Waals surface area (Å²) in [4.78, 5) is 8.52. The largest absolute Gasteiger partial charge is 0.492 e. The molecule has 16 heavy (non-hydrogen) atoms. The van der Waals surface area contributed by atoms with Gasteiger partial charge < -0.3 is 5.11 Å². The van der Waals surface area contributed by atoms with Gasteiger partial charge in [0.2, 0.25) is 5.88 Å². The first kappa shape index (κ1) is 11.3. The third-order valence-corrected chi connectivity index (χ3v) is 3.36. The van der Waals surface area contributed by atoms with Crippen LogP contribution < -0.4 is 0 Å². The first-order chi connectivity index (χ1) is 7.37. The third-order valence-electron chi connectivity index (χ3n) is 2.31. The predicted octanol–water partition coefficient (Wildman–Crippen LogP) is 3.29. The number of thiazole rings is 1. The first-order valence-corrected chi connectivity index (χ1v) is 6.12. The average Bonchev–Trinajstić information content (AvgIpc) is 2.53. The summed E-state index contributed by atoms with van der Waals surface area (Å²) >= 11 is 1.54. The number of aryl methyl sites for hydroxylation is 1. The van der Waals surface area contributed by atoms with Crippen molar-refractivity contribution in [1.29, 1.82) is 0 Å². The number of hydrogen-bond acceptors (Lipinski definition) is 4. The molecule has 0 atom stereocenters. The highest BCUT2D eigenvalue weighted by Crippen LogP contribution is 2.33. The number of rotatable bonds is 1. The van der Waals surface area contributed by atoms with Gasteiger partial charge in [-0.3, -0.25) is 0 Å². The van der Waals surface area contributed by atoms with Gasteiger partial charge in [-0.1, -0.05) is 20.8 Å². The molecule has 2 heterocycles. The second-order valence-corrected chi connectivity index (χ2v) is 6.37. The standard InChI is InChI=1S/C12H16N2OS/c1-7-6-13-11(15)10-9(7)14-8(16-10)5-12(2,3)4/h6H,5H2,1-4H3,(H,13,15). The predicted molar refractivity (Wildman–Crippen MR) is 67.0 cm³/mol. The Morgan fingerprint density at radius 1 is 1.38 bits per heavy atom. The van der Waals surface area contributed by atoms with E-state index in [4.69, 9.17) is 0 Å². The van der Waals surface area contributed by atoms with Gasteiger partial charge in [0.25, 0.3) is 0 Å². The Bertz CT molecular complexity index is 487. The fourth-order valence-electron chi connectivity index (χ4n) is 1.59. The van der Waals surface area contributed by atoms with E-state index in [0.29, 0.717) is 0 Å². The van der Waals surface area contributed by atoms with E-state index in [1.54, 1.807) is 17.5 Å². The number of pyridine rings is 1. The van der Waals surface area contributed by atoms with Crippen molar-refractivity contribution in [3.8, 4) is 5.88 Å². The minimum absolute atomic E-state index is 0.0956. The second-order valence-electron chi connectivity index (χ2n) is 5.29. The Labute approximate surface area is 99.2 Å². The molecule has 0 aromatic carbocycles. The number of hydrogen-bond donors (Lipinski definition) is 1. The molecule has 3 nitrogen and oxygen atoms in total. The van der Waals surface area contributed by atoms with Gasteiger partial charge in [-0.15, -0.1) is 11.3 Å². The maximum Gasteiger partial charge on any atom is 0.230 e. The van der Waals surface area contributed by atoms with E-state index in [2.05, 4.69) is 30.7 Å². The molecule has 2 aromatic rings. The molecular formula is C12H16N2OS. The summed E-state index contributed by atoms with van der Waals surface area (Å²) in [5.41, 5.74) is 2.12. The van der Waals surface area contributed by atoms with Crippen LogP contribution in [0, 0.1) is 12.3 Å². The lowest BCUT2D eigenvalue weighted by Gasteiger charge is -2.15. The Balaban J connectivity index is 2.52. The minimum Gasteiger partial charge on any atom is -0.492 e. The van der Waals surface area contributed by atoms with E-state index in [9.17, 15) is 5.11 Å². The molecule has 0 radical (unpaired) electrons. The van der Waals surface area contributed by atoms with E-state index < -0.39 is 0 Å². The van der Waals surface area contributed by atoms with Crippen LogP contribution in [0.15, 0.2) is 6.20 Å². The van der Waals surface area contributed by atoms with Gasteiger partial charge in [-0.2, -0.15) is 0 Å². The number of nitrogens with zero attached hydrogens (tertiary/aromatic N) is 2. The van der Waals surface area contributed by atoms with Gasteiger partial charge in [0, 0.05) is 12.6 Å². The molecule has 2 rings (SSSR count). The average molecular weight is 236 g/mol. The summed E-state index contributed by atoms with van der Waals surface area (Å²) < 4.78 is 0.805. The molecule has 4 heteroatoms. The van der Waals surface area contributed by atoms with E-state index >= 15 is 0 Å². The van der Waals surface area contributed by atoms with Crippen molar-refractivity contribution in [1.82, 2.24) is 9.97 Å². The Kier molecular flexibility index (Phi) is 2.62. The monoisotopic (exact) mass is 236 g/mol. The van der Waals surface area contributed by atoms with Crippen LogP contribution in [-0.4, -0.2) is 15.1 Å². The van der Waals surface area contributed by atoms with Crippen molar-refractivity contribution < 1.29 is 5.11 Å². The van der Waals surface area contributed by atoms with Gasteiger partial charge in [-0.25, -0.2) is 9.97 Å². The van der Waals surface area contributed by atoms with E-state index in [0.717, 1.165) is 27.2 Å². The molecule has 1 N–H and O–H groups in total. The highest BCUT2D eigenvalue weighted by Gasteiger charge is 2.17. The summed E-state index contributed by atoms with van der Waals surface area (Å²) in [6.07, 6.45) is 2.59. The SMILES string of the molecule is Cc1cnc(O)c2sc(CC(C)(C)C)nc12. The lowest BCUT2D eigenvalue weighted by atomic mass is 9.93. The smallest absolute Gasteiger partial charge is 0.230 e. The molecule has 0 aliphatic rings. The Hall–Kier alpha value is -1.16. The summed E-state index contributed by atoms with van der Waals surface area (Å²) in [6, 6.07) is 0. The zero-order chi connectivity index (χ0) is 11.9. The number of aromatic nitrogens is 2. The van der Waals surface area contributed by atoms with Crippen molar-refractivity contribution in [2.45, 2.75) is 34.1 Å². The molecule has 0 aliphatic carbocycles. The maximum atomic E-state index is 9.67. The highest BCUT2D eigenvalue weighted by atomic mass is 32.1. The van der Waals surface area contributed by atoms with Gasteiger partial charge in [0.05, 0.1) is 10.5 Å². The van der Waals surface area contributed by atoms with E-state index in [1.807, 2.05) is 6.92 Å². The van der Waals surface area contributed by atoms with Crippen LogP contribution in [-0.2, 0) is 6.42 Å². The van der Waals surface area contributed by atoms with Crippen molar-refractivity contribution >= 4 is 21.6 Å². The molecule has 86 valence electrons. The third kappa shape index (κ3) is 2.16. The summed E-state index contributed by atoms with van der Waals surface area (Å²) in [5.74, 6) is 0.0956. The Morgan fingerprint density at radius 3 is 2.62 bits per heavy atom. The molecule has 0 saturated heterocycles. The van der Waals surface area contributed by atoms with Crippen LogP contribution >= 0.6 is 11.3 Å². The maximum absolute atomic E-state index is 9.67. The fraction of sp³-hybridized carbons (Fsp3) is 0.500. The van der Waals surface area contributed by atoms with Crippen LogP contribution in [0.1, 0.15) is 31.3 Å². The van der Waals surface area contributed by atoms with Crippen molar-refractivity contribution in [3.63, 3.8) is 0 Å². The minimum atomic E-state index is 0.0956. The Morgan fingerprint density at radius 2 is 2.06 bits per heavy atom. The van der Waals surface area contributed by atoms with Gasteiger partial charge in [0.1, 0.15) is 4.70 Å². The molecule has 0 spiro atoms. The molecular weight excluding hydrogens is 220 g/mol. The molecule has 0 bridgehead atoms. The van der Waals surface area contributed by atoms with E-state index in [-0.39, 0.29) is 11.3 Å². The molecule has 2 aromatic heterocycles. The van der Waals surface area contributed by atoms with Gasteiger partial charge in [0.15, 0.2) is 0 Å². The zero-order valence-electron chi connectivity index (χ0n) is 10.0. The normalized spacial score (nSPS) is 12.2. The fourth-order valence-corrected chi connectivity index (χ4v) is 2.92. The van der Waals surface area contributed by atoms with Crippen LogP contribution in [0.2, 0.25) is 0 Å². The van der Waals surface area contributed by atoms with Crippen LogP contribution in [0.25, 0.3) is 10.2 Å². The van der Waals surface area contributed by atoms with Gasteiger partial charge in [-0.05, 0) is 17.9 Å². The van der Waals surface area contributed by atoms with Crippen molar-refractivity contribution in [2.24, 2.45) is 5.41 Å². The zero-order valence-corrected chi connectivity index (χ0v) is 10.9. The molecule has 0 unspecified atom stereocenters. The summed E-state index contributed by atoms with van der Waals surface area (Å²) in [5, 5.41) is 10.7. The van der Waals surface area contributed by atoms with Crippen molar-refractivity contribution in [2.75, 3.05) is 0 Å². The molecule has 0 fully saturated rings. The highest BCUT2D eigenvalue weighted by molar-refractivity contribution is 7.19. The van der Waals surface area contributed by atoms with E-state index in [1.165, 1.54) is 0 Å². The summed E-state index contributed by atoms with van der Waals surface area (Å²) in [6.45, 7) is 8.52. The second kappa shape index (κ2) is 3.70. The van der Waals surface area contributed by atoms with Crippen LogP contribution in [0.4, 0.5) is 0 Å². The number of aromatic hydroxyl groups is 1. The topological polar surface area (TPSA) is 46.0 Å². The van der Waals surface area contributed by atoms with Crippen molar-refractivity contribution in [3.05, 3.63) is 16.8 Å². The first-order valence-electron chi connectivity index (χ1n) is 5.31. The molecule has 0 saturated carbocycles. The van der Waals surface area contributed by atoms with Gasteiger partial charge >= 0.3 is 0 Å². The molecule has 0 amide bonds. The quantitative estimate of drug-likeness (QED) is 0.826.